The molecule has 1 aliphatic heterocycles. The molecule has 0 aromatic heterocycles. The van der Waals surface area contributed by atoms with Crippen molar-refractivity contribution in [2.45, 2.75) is 152 Å². The number of rotatable bonds is 9. The summed E-state index contributed by atoms with van der Waals surface area (Å²) in [5.74, 6) is -3.99. The van der Waals surface area contributed by atoms with Gasteiger partial charge in [0.05, 0.1) is 29.5 Å². The van der Waals surface area contributed by atoms with E-state index in [0.29, 0.717) is 48.9 Å². The number of hydrogen-bond acceptors (Lipinski definition) is 12. The number of aliphatic hydroxyl groups is 6. The van der Waals surface area contributed by atoms with Crippen LogP contribution in [0.15, 0.2) is 59.7 Å². The monoisotopic (exact) mass is 976 g/mol. The maximum Gasteiger partial charge on any atom is 0.160 e. The smallest absolute Gasteiger partial charge is 0.160 e. The second-order valence-electron chi connectivity index (χ2n) is 25.3. The number of carbonyl (C=O) groups is 1. The minimum absolute atomic E-state index is 0.0610. The number of allylic oxidation sites excluding steroid dienone is 2. The minimum Gasteiger partial charge on any atom is -0.508 e. The first kappa shape index (κ1) is 48.5. The standard InChI is InChI=1S/C59H77NO11/c1-6-60-30-36-27-52(3)15-14-40(36)59(51(66)32(52)2)57(68,18-20-62)50-45(71-59)28-58(69)42-26-44(65)48-47-39-24-37(63)25-43(64)38(39)13-17-56(47,67)46(70-21-9-19-61)29-53(48,4)49(42)55(31-54(50,58)5)16-12-35-22-33-10-7-8-11-34(33)23-41(35)55/h7-8,10-11,22-27,32,35,40-41,45-51,60-64,66-69H,6,9,12-21,28-31H2,1-5H3. The number of aromatic hydroxyl groups is 2. The van der Waals surface area contributed by atoms with E-state index in [1.807, 2.05) is 0 Å². The van der Waals surface area contributed by atoms with E-state index in [-0.39, 0.29) is 91.9 Å². The molecule has 2 bridgehead atoms. The number of fused-ring (bicyclic) bond motifs is 17. The van der Waals surface area contributed by atoms with Crippen molar-refractivity contribution >= 4 is 17.9 Å². The minimum atomic E-state index is -1.81. The van der Waals surface area contributed by atoms with Gasteiger partial charge in [-0.15, -0.1) is 0 Å². The Morgan fingerprint density at radius 3 is 2.42 bits per heavy atom. The lowest BCUT2D eigenvalue weighted by Crippen LogP contribution is -2.73. The van der Waals surface area contributed by atoms with Crippen molar-refractivity contribution in [3.05, 3.63) is 81.3 Å². The first-order valence-electron chi connectivity index (χ1n) is 27.1. The summed E-state index contributed by atoms with van der Waals surface area (Å²) >= 11 is 0. The summed E-state index contributed by atoms with van der Waals surface area (Å²) < 4.78 is 14.4. The predicted molar refractivity (Wildman–Crippen MR) is 266 cm³/mol. The molecule has 19 unspecified atom stereocenters. The first-order valence-corrected chi connectivity index (χ1v) is 27.1. The molecule has 13 rings (SSSR count). The molecule has 1 saturated heterocycles. The maximum atomic E-state index is 15.9. The van der Waals surface area contributed by atoms with Crippen molar-refractivity contribution in [2.24, 2.45) is 63.1 Å². The number of ether oxygens (including phenoxy) is 2. The number of phenolic OH excluding ortho intramolecular Hbond substituents is 2. The van der Waals surface area contributed by atoms with Gasteiger partial charge in [-0.2, -0.15) is 0 Å². The highest BCUT2D eigenvalue weighted by Crippen LogP contribution is 2.81. The van der Waals surface area contributed by atoms with Crippen LogP contribution in [0.3, 0.4) is 0 Å². The summed E-state index contributed by atoms with van der Waals surface area (Å²) in [6.45, 7) is 11.6. The third-order valence-electron chi connectivity index (χ3n) is 22.4. The number of aliphatic hydroxyl groups excluding tert-OH is 3. The highest BCUT2D eigenvalue weighted by molar-refractivity contribution is 5.96. The molecule has 6 fully saturated rings. The van der Waals surface area contributed by atoms with Crippen LogP contribution in [-0.4, -0.2) is 120 Å². The summed E-state index contributed by atoms with van der Waals surface area (Å²) in [5.41, 5.74) is -6.80. The highest BCUT2D eigenvalue weighted by Gasteiger charge is 2.85. The van der Waals surface area contributed by atoms with Gasteiger partial charge in [-0.1, -0.05) is 82.7 Å². The largest absolute Gasteiger partial charge is 0.508 e. The lowest BCUT2D eigenvalue weighted by atomic mass is 9.35. The molecular weight excluding hydrogens is 899 g/mol. The maximum absolute atomic E-state index is 15.9. The number of likely N-dealkylation sites (N-methyl/N-ethyl adjacent to an activating group) is 1. The Morgan fingerprint density at radius 1 is 0.930 bits per heavy atom. The van der Waals surface area contributed by atoms with Gasteiger partial charge < -0.3 is 55.6 Å². The molecule has 0 radical (unpaired) electrons. The van der Waals surface area contributed by atoms with Gasteiger partial charge in [0, 0.05) is 74.4 Å². The fourth-order valence-corrected chi connectivity index (χ4v) is 19.7. The number of hydrogen-bond donors (Lipinski definition) is 9. The van der Waals surface area contributed by atoms with Gasteiger partial charge in [-0.3, -0.25) is 4.79 Å². The van der Waals surface area contributed by atoms with Crippen molar-refractivity contribution in [2.75, 3.05) is 32.9 Å². The van der Waals surface area contributed by atoms with Crippen molar-refractivity contribution < 1.29 is 55.1 Å². The van der Waals surface area contributed by atoms with Crippen molar-refractivity contribution in [3.63, 3.8) is 0 Å². The summed E-state index contributed by atoms with van der Waals surface area (Å²) in [5, 5.41) is 105. The Morgan fingerprint density at radius 2 is 1.69 bits per heavy atom. The zero-order valence-corrected chi connectivity index (χ0v) is 42.2. The van der Waals surface area contributed by atoms with Gasteiger partial charge in [0.25, 0.3) is 0 Å². The van der Waals surface area contributed by atoms with Crippen LogP contribution >= 0.6 is 0 Å². The molecule has 19 atom stereocenters. The normalized spacial score (nSPS) is 48.4. The summed E-state index contributed by atoms with van der Waals surface area (Å²) in [6.07, 6.45) is 10.9. The van der Waals surface area contributed by atoms with E-state index in [1.54, 1.807) is 12.1 Å². The van der Waals surface area contributed by atoms with Crippen LogP contribution in [0.5, 0.6) is 11.5 Å². The molecule has 384 valence electrons. The van der Waals surface area contributed by atoms with Crippen LogP contribution in [-0.2, 0) is 20.7 Å². The van der Waals surface area contributed by atoms with E-state index in [9.17, 15) is 40.9 Å². The van der Waals surface area contributed by atoms with E-state index in [1.165, 1.54) is 11.3 Å². The summed E-state index contributed by atoms with van der Waals surface area (Å²) in [4.78, 5) is 15.9. The molecule has 1 heterocycles. The molecule has 5 saturated carbocycles. The lowest BCUT2D eigenvalue weighted by molar-refractivity contribution is -0.256. The third-order valence-corrected chi connectivity index (χ3v) is 22.4. The zero-order chi connectivity index (χ0) is 50.1. The number of ketones is 1. The Bertz CT molecular complexity index is 2740. The molecule has 71 heavy (non-hydrogen) atoms. The second kappa shape index (κ2) is 16.0. The summed E-state index contributed by atoms with van der Waals surface area (Å²) in [7, 11) is 0. The van der Waals surface area contributed by atoms with Gasteiger partial charge in [0.15, 0.2) is 5.78 Å². The van der Waals surface area contributed by atoms with Crippen LogP contribution in [0.1, 0.15) is 116 Å². The van der Waals surface area contributed by atoms with E-state index in [4.69, 9.17) is 9.47 Å². The fourth-order valence-electron chi connectivity index (χ4n) is 19.7. The SMILES string of the molecule is CCNCC1=CC2(C)CCC1C1(OC3CC4(O)C5=CC(=O)C6C7c8cc(O)cc(O)c8CCC7(O)C(OCCCO)CC6(C)C5C5(CCC6C=c7ccccc7=CC65)CC4(C)C3C1(O)CCO)C(O)C2C. The van der Waals surface area contributed by atoms with Gasteiger partial charge in [-0.25, -0.2) is 0 Å². The van der Waals surface area contributed by atoms with E-state index in [2.05, 4.69) is 82.4 Å². The lowest BCUT2D eigenvalue weighted by Gasteiger charge is -2.70. The molecule has 11 aliphatic rings. The molecule has 2 aromatic rings. The Labute approximate surface area is 417 Å². The van der Waals surface area contributed by atoms with Crippen LogP contribution < -0.4 is 15.8 Å². The molecular formula is C59H77NO11. The second-order valence-corrected chi connectivity index (χ2v) is 25.3. The molecule has 9 N–H and O–H groups in total. The quantitative estimate of drug-likeness (QED) is 0.126. The number of nitrogens with one attached hydrogen (secondary N) is 1. The number of phenols is 2. The molecule has 0 amide bonds. The van der Waals surface area contributed by atoms with Crippen molar-refractivity contribution in [1.82, 2.24) is 5.32 Å². The predicted octanol–water partition coefficient (Wildman–Crippen LogP) is 4.44. The average Bonchev–Trinajstić information content (AvgIpc) is 3.85. The van der Waals surface area contributed by atoms with Crippen LogP contribution in [0, 0.1) is 63.1 Å². The Kier molecular flexibility index (Phi) is 11.0. The highest BCUT2D eigenvalue weighted by atomic mass is 16.6. The van der Waals surface area contributed by atoms with Gasteiger partial charge in [0.2, 0.25) is 0 Å². The number of carbonyl (C=O) groups excluding carboxylic acids is 1. The summed E-state index contributed by atoms with van der Waals surface area (Å²) in [6, 6.07) is 11.4. The van der Waals surface area contributed by atoms with Crippen LogP contribution in [0.4, 0.5) is 0 Å². The van der Waals surface area contributed by atoms with Crippen LogP contribution in [0.2, 0.25) is 0 Å². The van der Waals surface area contributed by atoms with Gasteiger partial charge in [0.1, 0.15) is 22.7 Å². The Hall–Kier alpha value is -3.43. The molecule has 12 heteroatoms. The van der Waals surface area contributed by atoms with E-state index >= 15 is 4.79 Å². The van der Waals surface area contributed by atoms with Gasteiger partial charge in [-0.05, 0) is 144 Å². The number of benzene rings is 2. The molecule has 10 aliphatic carbocycles. The fraction of sp³-hybridized carbons (Fsp3) is 0.678. The molecule has 2 aromatic carbocycles. The molecule has 12 nitrogen and oxygen atoms in total. The van der Waals surface area contributed by atoms with E-state index < -0.39 is 80.6 Å². The topological polar surface area (TPSA) is 209 Å². The van der Waals surface area contributed by atoms with Crippen LogP contribution in [0.25, 0.3) is 12.2 Å². The molecule has 2 spiro atoms. The van der Waals surface area contributed by atoms with Gasteiger partial charge >= 0.3 is 0 Å². The first-order chi connectivity index (χ1) is 33.7. The zero-order valence-electron chi connectivity index (χ0n) is 42.2. The van der Waals surface area contributed by atoms with Crippen molar-refractivity contribution in [3.8, 4) is 11.5 Å². The van der Waals surface area contributed by atoms with Crippen molar-refractivity contribution in [1.29, 1.82) is 0 Å². The van der Waals surface area contributed by atoms with E-state index in [0.717, 1.165) is 36.6 Å². The third kappa shape index (κ3) is 6.03. The Balaban J connectivity index is 1.08. The average molecular weight is 976 g/mol.